The van der Waals surface area contributed by atoms with Crippen LogP contribution in [0.15, 0.2) is 186 Å². The van der Waals surface area contributed by atoms with Crippen molar-refractivity contribution in [2.45, 2.75) is 68.9 Å². The average Bonchev–Trinajstić information content (AvgIpc) is 3.84. The topological polar surface area (TPSA) is 149 Å². The number of hydrogen-bond donors (Lipinski definition) is 2. The number of carbonyl (C=O) groups excluding carboxylic acids is 4. The number of nitrogens with zero attached hydrogens (tertiary/aromatic N) is 3. The fraction of sp³-hybridized carbons (Fsp3) is 0.236. The molecule has 2 aliphatic heterocycles. The quantitative estimate of drug-likeness (QED) is 0.0226. The lowest BCUT2D eigenvalue weighted by molar-refractivity contribution is -0.179. The summed E-state index contributed by atoms with van der Waals surface area (Å²) in [6.45, 7) is 8.17. The number of halogens is 1. The maximum Gasteiger partial charge on any atom is 0.356 e. The number of esters is 2. The molecule has 2 amide bonds. The van der Waals surface area contributed by atoms with Gasteiger partial charge in [0.15, 0.2) is 16.9 Å². The van der Waals surface area contributed by atoms with E-state index in [-0.39, 0.29) is 23.0 Å². The van der Waals surface area contributed by atoms with E-state index in [1.807, 2.05) is 152 Å². The van der Waals surface area contributed by atoms with E-state index in [4.69, 9.17) is 30.9 Å². The Morgan fingerprint density at radius 2 is 1.31 bits per heavy atom. The number of rotatable bonds is 17. The number of aromatic nitrogens is 1. The third kappa shape index (κ3) is 10.7. The molecule has 2 atom stereocenters. The minimum Gasteiger partial charge on any atom is -0.457 e. The number of fused-ring (bicyclic) bond motifs is 1. The van der Waals surface area contributed by atoms with Crippen LogP contribution < -0.4 is 10.6 Å². The number of ether oxygens (including phenoxy) is 2. The lowest BCUT2D eigenvalue weighted by Crippen LogP contribution is -2.71. The van der Waals surface area contributed by atoms with Gasteiger partial charge in [-0.3, -0.25) is 14.5 Å². The van der Waals surface area contributed by atoms with Crippen molar-refractivity contribution >= 4 is 69.3 Å². The standard InChI is InChI=1S/C55H52ClN5O7S2/c1-53(2,3)67-51(65)54(4,5)68-60-43(42-35-70-52(57-42)59-55(39-27-15-8-16-28-39,40-29-17-9-18-30-40)41-31-19-10-20-32-41)47(62)58-44-48(63)61-45(38(26-21-33-56)34-69-49(44)61)50(64)66-46(36-22-11-6-12-23-36)37-24-13-7-14-25-37/h6-32,35,44,46,49H,33-34H2,1-5H3,(H,57,59)(H,58,62)/t44?,49-/m0/s1. The highest BCUT2D eigenvalue weighted by molar-refractivity contribution is 8.00. The highest BCUT2D eigenvalue weighted by atomic mass is 35.5. The van der Waals surface area contributed by atoms with Gasteiger partial charge in [0.1, 0.15) is 33.9 Å². The molecule has 1 aromatic heterocycles. The van der Waals surface area contributed by atoms with Crippen LogP contribution in [-0.2, 0) is 39.0 Å². The predicted molar refractivity (Wildman–Crippen MR) is 275 cm³/mol. The number of allylic oxidation sites excluding steroid dienone is 2. The molecule has 0 radical (unpaired) electrons. The summed E-state index contributed by atoms with van der Waals surface area (Å²) in [4.78, 5) is 69.1. The molecule has 1 unspecified atom stereocenters. The van der Waals surface area contributed by atoms with Gasteiger partial charge in [-0.25, -0.2) is 14.6 Å². The number of oxime groups is 1. The molecule has 0 spiro atoms. The molecule has 0 saturated carbocycles. The predicted octanol–water partition coefficient (Wildman–Crippen LogP) is 10.2. The molecule has 8 rings (SSSR count). The largest absolute Gasteiger partial charge is 0.457 e. The molecule has 2 aliphatic rings. The molecule has 12 nitrogen and oxygen atoms in total. The lowest BCUT2D eigenvalue weighted by Gasteiger charge is -2.49. The van der Waals surface area contributed by atoms with Crippen molar-refractivity contribution in [3.63, 3.8) is 0 Å². The van der Waals surface area contributed by atoms with E-state index in [0.29, 0.717) is 16.5 Å². The van der Waals surface area contributed by atoms with Gasteiger partial charge >= 0.3 is 11.9 Å². The number of β-lactam (4-membered cyclic amide) rings is 1. The van der Waals surface area contributed by atoms with Crippen molar-refractivity contribution in [3.8, 4) is 0 Å². The van der Waals surface area contributed by atoms with E-state index in [2.05, 4.69) is 15.8 Å². The molecule has 70 heavy (non-hydrogen) atoms. The minimum atomic E-state index is -1.65. The number of amides is 2. The first-order valence-corrected chi connectivity index (χ1v) is 25.1. The number of benzene rings is 5. The van der Waals surface area contributed by atoms with Crippen LogP contribution in [0.25, 0.3) is 0 Å². The minimum absolute atomic E-state index is 0.0581. The molecule has 2 N–H and O–H groups in total. The Morgan fingerprint density at radius 3 is 1.81 bits per heavy atom. The summed E-state index contributed by atoms with van der Waals surface area (Å²) in [5.74, 6) is -2.28. The third-order valence-electron chi connectivity index (χ3n) is 11.4. The summed E-state index contributed by atoms with van der Waals surface area (Å²) in [5.41, 5.74) is 1.29. The van der Waals surface area contributed by atoms with Crippen LogP contribution in [0.3, 0.4) is 0 Å². The zero-order valence-electron chi connectivity index (χ0n) is 39.2. The number of anilines is 1. The SMILES string of the molecule is CC(C)(C)OC(=O)C(C)(C)ON=C(C(=O)NC1C(=O)N2C(C(=O)OC(c3ccccc3)c3ccccc3)=C(C=CCCl)CS[C@@H]12)c1csc(NC(c2ccccc2)(c2ccccc2)c2ccccc2)n1. The lowest BCUT2D eigenvalue weighted by atomic mass is 9.77. The summed E-state index contributed by atoms with van der Waals surface area (Å²) < 4.78 is 11.9. The van der Waals surface area contributed by atoms with E-state index in [1.54, 1.807) is 38.3 Å². The highest BCUT2D eigenvalue weighted by Gasteiger charge is 2.55. The van der Waals surface area contributed by atoms with Gasteiger partial charge in [-0.15, -0.1) is 34.7 Å². The summed E-state index contributed by atoms with van der Waals surface area (Å²) in [7, 11) is 0. The van der Waals surface area contributed by atoms with Crippen LogP contribution in [0.1, 0.15) is 74.2 Å². The number of alkyl halides is 1. The zero-order chi connectivity index (χ0) is 49.5. The monoisotopic (exact) mass is 993 g/mol. The highest BCUT2D eigenvalue weighted by Crippen LogP contribution is 2.43. The van der Waals surface area contributed by atoms with Crippen LogP contribution in [0.2, 0.25) is 0 Å². The second-order valence-electron chi connectivity index (χ2n) is 18.0. The Hall–Kier alpha value is -7.00. The van der Waals surface area contributed by atoms with Crippen LogP contribution in [0, 0.1) is 0 Å². The average molecular weight is 995 g/mol. The molecule has 358 valence electrons. The molecule has 6 aromatic rings. The first-order valence-electron chi connectivity index (χ1n) is 22.6. The molecule has 0 bridgehead atoms. The van der Waals surface area contributed by atoms with Gasteiger partial charge in [-0.2, -0.15) is 0 Å². The number of hydrogen-bond acceptors (Lipinski definition) is 12. The Labute approximate surface area is 420 Å². The smallest absolute Gasteiger partial charge is 0.356 e. The van der Waals surface area contributed by atoms with Crippen molar-refractivity contribution in [1.29, 1.82) is 0 Å². The summed E-state index contributed by atoms with van der Waals surface area (Å²) in [5, 5.41) is 12.3. The van der Waals surface area contributed by atoms with Crippen molar-refractivity contribution in [2.24, 2.45) is 5.16 Å². The molecular formula is C55H52ClN5O7S2. The number of thiazole rings is 1. The third-order valence-corrected chi connectivity index (χ3v) is 13.7. The van der Waals surface area contributed by atoms with E-state index in [1.165, 1.54) is 41.8 Å². The van der Waals surface area contributed by atoms with Crippen LogP contribution in [-0.4, -0.2) is 73.6 Å². The maximum atomic E-state index is 14.7. The summed E-state index contributed by atoms with van der Waals surface area (Å²) in [6.07, 6.45) is 2.64. The van der Waals surface area contributed by atoms with Crippen molar-refractivity contribution in [1.82, 2.24) is 15.2 Å². The zero-order valence-corrected chi connectivity index (χ0v) is 41.6. The second kappa shape index (κ2) is 21.3. The van der Waals surface area contributed by atoms with Crippen LogP contribution in [0.4, 0.5) is 5.13 Å². The molecule has 15 heteroatoms. The van der Waals surface area contributed by atoms with Crippen molar-refractivity contribution in [2.75, 3.05) is 16.9 Å². The fourth-order valence-electron chi connectivity index (χ4n) is 8.09. The number of carbonyl (C=O) groups is 4. The van der Waals surface area contributed by atoms with Gasteiger partial charge in [0, 0.05) is 17.0 Å². The van der Waals surface area contributed by atoms with Crippen molar-refractivity contribution in [3.05, 3.63) is 214 Å². The van der Waals surface area contributed by atoms with Gasteiger partial charge in [-0.1, -0.05) is 169 Å². The van der Waals surface area contributed by atoms with Crippen molar-refractivity contribution < 1.29 is 33.5 Å². The van der Waals surface area contributed by atoms with Gasteiger partial charge in [0.05, 0.1) is 0 Å². The molecular weight excluding hydrogens is 942 g/mol. The second-order valence-corrected chi connectivity index (χ2v) is 20.2. The number of thioether (sulfide) groups is 1. The molecule has 0 aliphatic carbocycles. The Bertz CT molecular complexity index is 2770. The first kappa shape index (κ1) is 49.4. The fourth-order valence-corrected chi connectivity index (χ4v) is 10.2. The molecule has 1 fully saturated rings. The Kier molecular flexibility index (Phi) is 15.1. The summed E-state index contributed by atoms with van der Waals surface area (Å²) >= 11 is 8.67. The Balaban J connectivity index is 1.12. The number of nitrogens with one attached hydrogen (secondary N) is 2. The van der Waals surface area contributed by atoms with E-state index >= 15 is 0 Å². The first-order chi connectivity index (χ1) is 33.7. The van der Waals surface area contributed by atoms with Gasteiger partial charge in [0.25, 0.3) is 11.8 Å². The molecule has 1 saturated heterocycles. The van der Waals surface area contributed by atoms with Gasteiger partial charge in [0.2, 0.25) is 5.60 Å². The Morgan fingerprint density at radius 1 is 0.800 bits per heavy atom. The molecule has 5 aromatic carbocycles. The molecule has 3 heterocycles. The maximum absolute atomic E-state index is 14.7. The normalized spacial score (nSPS) is 16.4. The van der Waals surface area contributed by atoms with E-state index in [9.17, 15) is 19.2 Å². The van der Waals surface area contributed by atoms with Gasteiger partial charge in [-0.05, 0) is 68.0 Å². The van der Waals surface area contributed by atoms with E-state index in [0.717, 1.165) is 27.8 Å². The summed E-state index contributed by atoms with van der Waals surface area (Å²) in [6, 6.07) is 47.6. The van der Waals surface area contributed by atoms with Crippen LogP contribution in [0.5, 0.6) is 0 Å². The van der Waals surface area contributed by atoms with Crippen LogP contribution >= 0.6 is 34.7 Å². The van der Waals surface area contributed by atoms with Gasteiger partial charge < -0.3 is 24.9 Å². The van der Waals surface area contributed by atoms with E-state index < -0.39 is 58.0 Å².